The molecule has 0 bridgehead atoms. The van der Waals surface area contributed by atoms with Crippen molar-refractivity contribution in [3.05, 3.63) is 129 Å². The van der Waals surface area contributed by atoms with Gasteiger partial charge in [-0.2, -0.15) is 0 Å². The van der Waals surface area contributed by atoms with Crippen molar-refractivity contribution in [2.45, 2.75) is 162 Å². The van der Waals surface area contributed by atoms with E-state index in [1.54, 1.807) is 11.1 Å². The molecule has 6 rings (SSSR count). The molecule has 0 N–H and O–H groups in total. The van der Waals surface area contributed by atoms with Crippen molar-refractivity contribution in [1.82, 2.24) is 0 Å². The Morgan fingerprint density at radius 3 is 1.07 bits per heavy atom. The first-order chi connectivity index (χ1) is 26.6. The van der Waals surface area contributed by atoms with Crippen molar-refractivity contribution in [2.75, 3.05) is 0 Å². The van der Waals surface area contributed by atoms with Crippen LogP contribution < -0.4 is 0 Å². The molecule has 4 aromatic rings. The quantitative estimate of drug-likeness (QED) is 0.154. The summed E-state index contributed by atoms with van der Waals surface area (Å²) in [6.45, 7) is 38.1. The summed E-state index contributed by atoms with van der Waals surface area (Å²) in [5.41, 5.74) is 17.4. The zero-order chi connectivity index (χ0) is 43.0. The van der Waals surface area contributed by atoms with Gasteiger partial charge in [0.1, 0.15) is 0 Å². The van der Waals surface area contributed by atoms with E-state index in [4.69, 9.17) is 0 Å². The molecule has 0 heterocycles. The SMILES string of the molecule is CC(C)C[C](CC(C)C)=[Hf]([CH3])([CH3])([CH]1C=Cc2c(-c3cc(C(C)(C)C)cc(C(C)(C)C)c3)cccc21)[CH]1C=Cc2c(-c3cc(C(C)(C)C)cc(C(C)(C)C)c3)cccc21. The topological polar surface area (TPSA) is 0 Å². The molecule has 0 aliphatic heterocycles. The molecule has 2 unspecified atom stereocenters. The van der Waals surface area contributed by atoms with Gasteiger partial charge in [0.2, 0.25) is 0 Å². The maximum absolute atomic E-state index is 4.33. The number of hydrogen-bond donors (Lipinski definition) is 0. The second kappa shape index (κ2) is 15.2. The molecule has 0 saturated heterocycles. The third-order valence-electron chi connectivity index (χ3n) is 14.2. The normalized spacial score (nSPS) is 17.4. The fourth-order valence-corrected chi connectivity index (χ4v) is 36.1. The third-order valence-corrected chi connectivity index (χ3v) is 41.0. The fourth-order valence-electron chi connectivity index (χ4n) is 10.4. The van der Waals surface area contributed by atoms with Crippen molar-refractivity contribution >= 4 is 15.4 Å². The second-order valence-corrected chi connectivity index (χ2v) is 50.1. The molecule has 1 heteroatoms. The Balaban J connectivity index is 1.61. The van der Waals surface area contributed by atoms with Crippen LogP contribution in [-0.2, 0) is 39.7 Å². The molecular weight excluding hydrogens is 863 g/mol. The second-order valence-electron chi connectivity index (χ2n) is 24.3. The predicted octanol–water partition coefficient (Wildman–Crippen LogP) is 17.1. The van der Waals surface area contributed by atoms with Crippen LogP contribution in [0.25, 0.3) is 34.4 Å². The Labute approximate surface area is 356 Å². The molecule has 0 saturated carbocycles. The zero-order valence-corrected chi connectivity index (χ0v) is 43.6. The zero-order valence-electron chi connectivity index (χ0n) is 40.0. The van der Waals surface area contributed by atoms with Crippen molar-refractivity contribution in [3.8, 4) is 22.3 Å². The minimum absolute atomic E-state index is 0.0658. The molecule has 2 aliphatic rings. The Hall–Kier alpha value is -2.90. The molecule has 0 nitrogen and oxygen atoms in total. The monoisotopic (exact) mass is 943 g/mol. The van der Waals surface area contributed by atoms with Crippen LogP contribution in [-0.4, -0.2) is 3.26 Å². The molecule has 2 aliphatic carbocycles. The summed E-state index contributed by atoms with van der Waals surface area (Å²) < 4.78 is 8.51. The number of benzene rings is 4. The standard InChI is InChI=1S/2C23H27.C9H18.2CH3.Hf/c2*1-22(2,3)18-13-17(14-19(15-18)23(4,5)6)21-12-8-10-16-9-7-11-20(16)21;1-8(2)6-5-7-9(3)4;;;/h2*7-15H,1-6H3;8-9H,6-7H2,1-4H3;2*1H3;. The number of rotatable bonds is 8. The van der Waals surface area contributed by atoms with E-state index in [1.807, 2.05) is 3.26 Å². The maximum atomic E-state index is 2.88. The van der Waals surface area contributed by atoms with Gasteiger partial charge >= 0.3 is 359 Å². The van der Waals surface area contributed by atoms with Gasteiger partial charge < -0.3 is 0 Å². The molecule has 58 heavy (non-hydrogen) atoms. The van der Waals surface area contributed by atoms with Gasteiger partial charge in [0.15, 0.2) is 0 Å². The van der Waals surface area contributed by atoms with Crippen LogP contribution in [0.2, 0.25) is 9.36 Å². The molecule has 0 aromatic heterocycles. The average Bonchev–Trinajstić information content (AvgIpc) is 3.76. The fraction of sp³-hybridized carbons (Fsp3) is 0.491. The number of fused-ring (bicyclic) bond motifs is 2. The summed E-state index contributed by atoms with van der Waals surface area (Å²) in [5, 5.41) is 0. The van der Waals surface area contributed by atoms with E-state index in [9.17, 15) is 0 Å². The van der Waals surface area contributed by atoms with Crippen molar-refractivity contribution < 1.29 is 18.0 Å². The van der Waals surface area contributed by atoms with Gasteiger partial charge in [-0.25, -0.2) is 0 Å². The van der Waals surface area contributed by atoms with Crippen LogP contribution in [0.1, 0.15) is 175 Å². The summed E-state index contributed by atoms with van der Waals surface area (Å²) >= 11 is -4.33. The van der Waals surface area contributed by atoms with Gasteiger partial charge in [-0.05, 0) is 0 Å². The predicted molar refractivity (Wildman–Crippen MR) is 258 cm³/mol. The van der Waals surface area contributed by atoms with Gasteiger partial charge in [-0.15, -0.1) is 0 Å². The summed E-state index contributed by atoms with van der Waals surface area (Å²) in [7, 11) is 0. The van der Waals surface area contributed by atoms with Crippen molar-refractivity contribution in [1.29, 1.82) is 0 Å². The van der Waals surface area contributed by atoms with Crippen LogP contribution in [0.5, 0.6) is 0 Å². The van der Waals surface area contributed by atoms with Gasteiger partial charge in [-0.1, -0.05) is 0 Å². The molecule has 4 aromatic carbocycles. The van der Waals surface area contributed by atoms with E-state index in [0.29, 0.717) is 19.2 Å². The molecule has 310 valence electrons. The molecule has 0 fully saturated rings. The van der Waals surface area contributed by atoms with Gasteiger partial charge in [0.25, 0.3) is 0 Å². The van der Waals surface area contributed by atoms with Crippen LogP contribution >= 0.6 is 0 Å². The molecule has 0 amide bonds. The van der Waals surface area contributed by atoms with E-state index in [2.05, 4.69) is 217 Å². The van der Waals surface area contributed by atoms with Crippen LogP contribution in [0.4, 0.5) is 0 Å². The molecule has 0 radical (unpaired) electrons. The van der Waals surface area contributed by atoms with E-state index < -0.39 is 18.0 Å². The first-order valence-corrected chi connectivity index (χ1v) is 35.7. The van der Waals surface area contributed by atoms with Gasteiger partial charge in [0.05, 0.1) is 0 Å². The van der Waals surface area contributed by atoms with E-state index in [1.165, 1.54) is 68.5 Å². The first-order valence-electron chi connectivity index (χ1n) is 22.6. The summed E-state index contributed by atoms with van der Waals surface area (Å²) in [4.78, 5) is 0. The van der Waals surface area contributed by atoms with Crippen LogP contribution in [0, 0.1) is 11.8 Å². The first kappa shape index (κ1) is 44.6. The minimum atomic E-state index is -4.33. The average molecular weight is 942 g/mol. The summed E-state index contributed by atoms with van der Waals surface area (Å²) in [5.74, 6) is 1.23. The number of hydrogen-bond acceptors (Lipinski definition) is 0. The van der Waals surface area contributed by atoms with Crippen LogP contribution in [0.15, 0.2) is 84.9 Å². The summed E-state index contributed by atoms with van der Waals surface area (Å²) in [6, 6.07) is 29.4. The summed E-state index contributed by atoms with van der Waals surface area (Å²) in [6.07, 6.45) is 12.9. The third kappa shape index (κ3) is 8.39. The molecule has 0 spiro atoms. The van der Waals surface area contributed by atoms with Gasteiger partial charge in [0, 0.05) is 0 Å². The van der Waals surface area contributed by atoms with Crippen molar-refractivity contribution in [3.63, 3.8) is 0 Å². The van der Waals surface area contributed by atoms with E-state index >= 15 is 0 Å². The Kier molecular flexibility index (Phi) is 11.7. The Morgan fingerprint density at radius 1 is 0.483 bits per heavy atom. The molecule has 2 atom stereocenters. The Morgan fingerprint density at radius 2 is 0.793 bits per heavy atom. The van der Waals surface area contributed by atoms with E-state index in [0.717, 1.165) is 0 Å². The van der Waals surface area contributed by atoms with Gasteiger partial charge in [-0.3, -0.25) is 0 Å². The van der Waals surface area contributed by atoms with Crippen molar-refractivity contribution in [2.24, 2.45) is 11.8 Å². The molecular formula is C57H78Hf. The Bertz CT molecular complexity index is 2110. The van der Waals surface area contributed by atoms with E-state index in [-0.39, 0.29) is 21.7 Å². The number of allylic oxidation sites excluding steroid dienone is 2. The van der Waals surface area contributed by atoms with Crippen LogP contribution in [0.3, 0.4) is 0 Å².